The van der Waals surface area contributed by atoms with Crippen LogP contribution in [0.15, 0.2) is 66.7 Å². The summed E-state index contributed by atoms with van der Waals surface area (Å²) < 4.78 is 0. The molecule has 3 aromatic carbocycles. The van der Waals surface area contributed by atoms with Gasteiger partial charge in [0.1, 0.15) is 0 Å². The molecule has 0 spiro atoms. The third kappa shape index (κ3) is 3.17. The molecule has 3 aromatic rings. The largest absolute Gasteiger partial charge is 0.355 e. The van der Waals surface area contributed by atoms with Crippen molar-refractivity contribution in [3.63, 3.8) is 0 Å². The minimum Gasteiger partial charge on any atom is -0.355 e. The van der Waals surface area contributed by atoms with Gasteiger partial charge in [-0.3, -0.25) is 9.59 Å². The maximum atomic E-state index is 13.1. The molecule has 0 unspecified atom stereocenters. The number of ketones is 2. The SMILES string of the molecule is CCCCc1cccc(Nc2cccc3c2C(=O)c2ccccc2C3=O)c1. The summed E-state index contributed by atoms with van der Waals surface area (Å²) in [4.78, 5) is 25.9. The lowest BCUT2D eigenvalue weighted by Crippen LogP contribution is -2.22. The van der Waals surface area contributed by atoms with Crippen molar-refractivity contribution < 1.29 is 9.59 Å². The summed E-state index contributed by atoms with van der Waals surface area (Å²) in [6.07, 6.45) is 3.33. The zero-order valence-electron chi connectivity index (χ0n) is 15.3. The van der Waals surface area contributed by atoms with Gasteiger partial charge in [0.2, 0.25) is 0 Å². The minimum atomic E-state index is -0.106. The van der Waals surface area contributed by atoms with Crippen LogP contribution in [0.25, 0.3) is 0 Å². The monoisotopic (exact) mass is 355 g/mol. The molecule has 0 aromatic heterocycles. The molecule has 4 rings (SSSR count). The average molecular weight is 355 g/mol. The fraction of sp³-hybridized carbons (Fsp3) is 0.167. The van der Waals surface area contributed by atoms with Crippen LogP contribution < -0.4 is 5.32 Å². The number of carbonyl (C=O) groups excluding carboxylic acids is 2. The standard InChI is InChI=1S/C24H21NO2/c1-2-3-8-16-9-6-10-17(15-16)25-21-14-7-13-20-22(21)24(27)19-12-5-4-11-18(19)23(20)26/h4-7,9-15,25H,2-3,8H2,1H3. The number of fused-ring (bicyclic) bond motifs is 2. The van der Waals surface area contributed by atoms with Crippen LogP contribution in [0.2, 0.25) is 0 Å². The fourth-order valence-electron chi connectivity index (χ4n) is 3.59. The molecule has 0 amide bonds. The molecule has 0 heterocycles. The van der Waals surface area contributed by atoms with Gasteiger partial charge in [-0.15, -0.1) is 0 Å². The summed E-state index contributed by atoms with van der Waals surface area (Å²) in [6, 6.07) is 20.7. The Morgan fingerprint density at radius 2 is 1.48 bits per heavy atom. The molecule has 1 aliphatic rings. The van der Waals surface area contributed by atoms with Crippen molar-refractivity contribution >= 4 is 22.9 Å². The van der Waals surface area contributed by atoms with Gasteiger partial charge >= 0.3 is 0 Å². The van der Waals surface area contributed by atoms with Crippen LogP contribution in [-0.2, 0) is 6.42 Å². The van der Waals surface area contributed by atoms with Gasteiger partial charge in [-0.1, -0.05) is 61.9 Å². The van der Waals surface area contributed by atoms with Crippen LogP contribution in [0, 0.1) is 0 Å². The van der Waals surface area contributed by atoms with Crippen molar-refractivity contribution in [2.24, 2.45) is 0 Å². The number of rotatable bonds is 5. The molecule has 0 saturated heterocycles. The number of anilines is 2. The Balaban J connectivity index is 1.73. The molecule has 134 valence electrons. The van der Waals surface area contributed by atoms with Crippen LogP contribution in [-0.4, -0.2) is 11.6 Å². The van der Waals surface area contributed by atoms with Gasteiger partial charge in [-0.05, 0) is 36.6 Å². The summed E-state index contributed by atoms with van der Waals surface area (Å²) in [7, 11) is 0. The van der Waals surface area contributed by atoms with Crippen molar-refractivity contribution in [2.45, 2.75) is 26.2 Å². The molecule has 0 fully saturated rings. The van der Waals surface area contributed by atoms with Crippen LogP contribution in [0.3, 0.4) is 0 Å². The van der Waals surface area contributed by atoms with Crippen molar-refractivity contribution in [2.75, 3.05) is 5.32 Å². The smallest absolute Gasteiger partial charge is 0.196 e. The molecule has 27 heavy (non-hydrogen) atoms. The molecule has 1 N–H and O–H groups in total. The number of carbonyl (C=O) groups is 2. The Morgan fingerprint density at radius 1 is 0.778 bits per heavy atom. The van der Waals surface area contributed by atoms with E-state index in [1.165, 1.54) is 5.56 Å². The minimum absolute atomic E-state index is 0.0967. The summed E-state index contributed by atoms with van der Waals surface area (Å²) >= 11 is 0. The number of nitrogens with one attached hydrogen (secondary N) is 1. The maximum Gasteiger partial charge on any atom is 0.196 e. The van der Waals surface area contributed by atoms with E-state index in [1.807, 2.05) is 24.3 Å². The summed E-state index contributed by atoms with van der Waals surface area (Å²) in [5.74, 6) is -0.203. The molecule has 0 atom stereocenters. The summed E-state index contributed by atoms with van der Waals surface area (Å²) in [5, 5.41) is 3.36. The third-order valence-corrected chi connectivity index (χ3v) is 4.98. The van der Waals surface area contributed by atoms with Gasteiger partial charge in [0, 0.05) is 22.4 Å². The highest BCUT2D eigenvalue weighted by atomic mass is 16.1. The predicted octanol–water partition coefficient (Wildman–Crippen LogP) is 5.55. The maximum absolute atomic E-state index is 13.1. The van der Waals surface area contributed by atoms with Gasteiger partial charge in [-0.25, -0.2) is 0 Å². The first-order valence-corrected chi connectivity index (χ1v) is 9.36. The van der Waals surface area contributed by atoms with E-state index in [0.717, 1.165) is 24.9 Å². The number of unbranched alkanes of at least 4 members (excludes halogenated alkanes) is 1. The second-order valence-corrected chi connectivity index (χ2v) is 6.86. The summed E-state index contributed by atoms with van der Waals surface area (Å²) in [6.45, 7) is 2.18. The van der Waals surface area contributed by atoms with E-state index in [-0.39, 0.29) is 11.6 Å². The fourth-order valence-corrected chi connectivity index (χ4v) is 3.59. The van der Waals surface area contributed by atoms with Gasteiger partial charge in [-0.2, -0.15) is 0 Å². The number of hydrogen-bond donors (Lipinski definition) is 1. The zero-order chi connectivity index (χ0) is 18.8. The van der Waals surface area contributed by atoms with Gasteiger partial charge < -0.3 is 5.32 Å². The Morgan fingerprint density at radius 3 is 2.26 bits per heavy atom. The second-order valence-electron chi connectivity index (χ2n) is 6.86. The highest BCUT2D eigenvalue weighted by molar-refractivity contribution is 6.30. The van der Waals surface area contributed by atoms with Crippen LogP contribution in [0.5, 0.6) is 0 Å². The first kappa shape index (κ1) is 17.2. The molecule has 0 bridgehead atoms. The lowest BCUT2D eigenvalue weighted by molar-refractivity contribution is 0.0979. The van der Waals surface area contributed by atoms with Gasteiger partial charge in [0.05, 0.1) is 11.3 Å². The average Bonchev–Trinajstić information content (AvgIpc) is 2.71. The normalized spacial score (nSPS) is 12.5. The Bertz CT molecular complexity index is 1040. The van der Waals surface area contributed by atoms with Crippen LogP contribution in [0.1, 0.15) is 57.2 Å². The van der Waals surface area contributed by atoms with E-state index >= 15 is 0 Å². The van der Waals surface area contributed by atoms with E-state index in [2.05, 4.69) is 24.4 Å². The lowest BCUT2D eigenvalue weighted by atomic mass is 9.83. The highest BCUT2D eigenvalue weighted by Gasteiger charge is 2.31. The Kier molecular flexibility index (Phi) is 4.59. The second kappa shape index (κ2) is 7.20. The molecule has 3 nitrogen and oxygen atoms in total. The number of benzene rings is 3. The van der Waals surface area contributed by atoms with E-state index in [1.54, 1.807) is 30.3 Å². The van der Waals surface area contributed by atoms with Crippen molar-refractivity contribution in [1.82, 2.24) is 0 Å². The first-order valence-electron chi connectivity index (χ1n) is 9.36. The Hall–Kier alpha value is -3.20. The number of hydrogen-bond acceptors (Lipinski definition) is 3. The van der Waals surface area contributed by atoms with Crippen molar-refractivity contribution in [3.8, 4) is 0 Å². The van der Waals surface area contributed by atoms with E-state index in [4.69, 9.17) is 0 Å². The summed E-state index contributed by atoms with van der Waals surface area (Å²) in [5.41, 5.74) is 4.74. The molecule has 3 heteroatoms. The van der Waals surface area contributed by atoms with Gasteiger partial charge in [0.15, 0.2) is 11.6 Å². The molecular formula is C24H21NO2. The van der Waals surface area contributed by atoms with Crippen molar-refractivity contribution in [3.05, 3.63) is 94.5 Å². The van der Waals surface area contributed by atoms with Crippen molar-refractivity contribution in [1.29, 1.82) is 0 Å². The first-order chi connectivity index (χ1) is 13.2. The highest BCUT2D eigenvalue weighted by Crippen LogP contribution is 2.33. The quantitative estimate of drug-likeness (QED) is 0.511. The number of aryl methyl sites for hydroxylation is 1. The third-order valence-electron chi connectivity index (χ3n) is 4.98. The zero-order valence-corrected chi connectivity index (χ0v) is 15.3. The van der Waals surface area contributed by atoms with Crippen LogP contribution in [0.4, 0.5) is 11.4 Å². The van der Waals surface area contributed by atoms with Gasteiger partial charge in [0.25, 0.3) is 0 Å². The molecule has 0 aliphatic heterocycles. The topological polar surface area (TPSA) is 46.2 Å². The molecule has 0 radical (unpaired) electrons. The van der Waals surface area contributed by atoms with E-state index < -0.39 is 0 Å². The van der Waals surface area contributed by atoms with E-state index in [9.17, 15) is 9.59 Å². The van der Waals surface area contributed by atoms with Crippen LogP contribution >= 0.6 is 0 Å². The molecule has 0 saturated carbocycles. The lowest BCUT2D eigenvalue weighted by Gasteiger charge is -2.21. The predicted molar refractivity (Wildman–Crippen MR) is 108 cm³/mol. The van der Waals surface area contributed by atoms with E-state index in [0.29, 0.717) is 27.9 Å². The Labute approximate surface area is 159 Å². The molecule has 1 aliphatic carbocycles. The molecular weight excluding hydrogens is 334 g/mol.